The van der Waals surface area contributed by atoms with Crippen molar-refractivity contribution in [2.45, 2.75) is 30.3 Å². The zero-order valence-corrected chi connectivity index (χ0v) is 16.7. The van der Waals surface area contributed by atoms with Gasteiger partial charge in [0.25, 0.3) is 0 Å². The zero-order valence-electron chi connectivity index (χ0n) is 15.1. The summed E-state index contributed by atoms with van der Waals surface area (Å²) in [5, 5.41) is 11.7. The number of aryl methyl sites for hydroxylation is 2. The summed E-state index contributed by atoms with van der Waals surface area (Å²) in [7, 11) is 0. The van der Waals surface area contributed by atoms with Crippen LogP contribution in [0.15, 0.2) is 47.6 Å². The molecule has 9 heteroatoms. The van der Waals surface area contributed by atoms with Crippen LogP contribution in [0.3, 0.4) is 0 Å². The Morgan fingerprint density at radius 3 is 2.71 bits per heavy atom. The number of carbonyl (C=O) groups excluding carboxylic acids is 1. The van der Waals surface area contributed by atoms with Gasteiger partial charge in [-0.25, -0.2) is 9.07 Å². The third-order valence-electron chi connectivity index (χ3n) is 4.54. The predicted octanol–water partition coefficient (Wildman–Crippen LogP) is 4.09. The summed E-state index contributed by atoms with van der Waals surface area (Å²) >= 11 is 7.38. The minimum absolute atomic E-state index is 0.205. The Morgan fingerprint density at radius 2 is 1.96 bits per heavy atom. The number of benzene rings is 2. The second-order valence-corrected chi connectivity index (χ2v) is 8.06. The van der Waals surface area contributed by atoms with Crippen LogP contribution in [0, 0.1) is 19.7 Å². The lowest BCUT2D eigenvalue weighted by Crippen LogP contribution is -2.41. The van der Waals surface area contributed by atoms with Crippen molar-refractivity contribution >= 4 is 35.0 Å². The number of fused-ring (bicyclic) bond motifs is 1. The third-order valence-corrected chi connectivity index (χ3v) is 5.99. The van der Waals surface area contributed by atoms with Gasteiger partial charge in [-0.15, -0.1) is 10.2 Å². The summed E-state index contributed by atoms with van der Waals surface area (Å²) < 4.78 is 15.1. The number of halogens is 2. The Morgan fingerprint density at radius 1 is 1.21 bits per heavy atom. The Bertz CT molecular complexity index is 1040. The first-order valence-electron chi connectivity index (χ1n) is 8.60. The fourth-order valence-electron chi connectivity index (χ4n) is 3.01. The van der Waals surface area contributed by atoms with Crippen LogP contribution >= 0.6 is 23.4 Å². The van der Waals surface area contributed by atoms with E-state index in [4.69, 9.17) is 11.6 Å². The fourth-order valence-corrected chi connectivity index (χ4v) is 4.31. The van der Waals surface area contributed by atoms with Crippen LogP contribution in [0.2, 0.25) is 5.02 Å². The highest BCUT2D eigenvalue weighted by Gasteiger charge is 2.37. The molecule has 0 radical (unpaired) electrons. The molecule has 0 fully saturated rings. The molecular formula is C19H17ClFN5OS. The van der Waals surface area contributed by atoms with Gasteiger partial charge in [-0.1, -0.05) is 41.6 Å². The standard InChI is InChI=1S/C19H17ClFN5OS/c1-10-3-6-13(20)9-15(10)22-18(27)17-16(12-4-7-14(21)8-5-12)25-26-11(2)23-24-19(26)28-17/h3-9,16-17,25H,1-2H3,(H,22,27)/t16-,17-/m1/s1. The SMILES string of the molecule is Cc1ccc(Cl)cc1NC(=O)[C@@H]1Sc2nnc(C)n2N[C@@H]1c1ccc(F)cc1. The molecule has 6 nitrogen and oxygen atoms in total. The number of amides is 1. The second kappa shape index (κ2) is 7.44. The molecule has 28 heavy (non-hydrogen) atoms. The van der Waals surface area contributed by atoms with E-state index in [-0.39, 0.29) is 11.7 Å². The maximum atomic E-state index is 13.4. The van der Waals surface area contributed by atoms with Crippen molar-refractivity contribution in [2.75, 3.05) is 10.7 Å². The molecule has 0 saturated carbocycles. The Balaban J connectivity index is 1.68. The number of anilines is 1. The van der Waals surface area contributed by atoms with Gasteiger partial charge in [0, 0.05) is 10.7 Å². The molecule has 1 aliphatic rings. The molecule has 144 valence electrons. The average Bonchev–Trinajstić information content (AvgIpc) is 3.04. The highest BCUT2D eigenvalue weighted by molar-refractivity contribution is 8.00. The Kier molecular flexibility index (Phi) is 4.99. The van der Waals surface area contributed by atoms with Gasteiger partial charge in [0.2, 0.25) is 11.1 Å². The minimum atomic E-state index is -0.542. The van der Waals surface area contributed by atoms with Crippen LogP contribution in [0.25, 0.3) is 0 Å². The van der Waals surface area contributed by atoms with Gasteiger partial charge in [-0.05, 0) is 49.2 Å². The topological polar surface area (TPSA) is 71.8 Å². The van der Waals surface area contributed by atoms with Gasteiger partial charge in [-0.2, -0.15) is 0 Å². The van der Waals surface area contributed by atoms with Crippen LogP contribution in [0.5, 0.6) is 0 Å². The molecule has 0 aliphatic carbocycles. The van der Waals surface area contributed by atoms with Gasteiger partial charge >= 0.3 is 0 Å². The van der Waals surface area contributed by atoms with E-state index < -0.39 is 11.3 Å². The molecule has 1 aliphatic heterocycles. The third kappa shape index (κ3) is 3.57. The van der Waals surface area contributed by atoms with Gasteiger partial charge < -0.3 is 10.7 Å². The molecule has 0 bridgehead atoms. The monoisotopic (exact) mass is 417 g/mol. The maximum Gasteiger partial charge on any atom is 0.240 e. The number of nitrogens with zero attached hydrogens (tertiary/aromatic N) is 3. The lowest BCUT2D eigenvalue weighted by molar-refractivity contribution is -0.116. The molecule has 3 aromatic rings. The Hall–Kier alpha value is -2.58. The van der Waals surface area contributed by atoms with Gasteiger partial charge in [-0.3, -0.25) is 4.79 Å². The molecule has 2 aromatic carbocycles. The summed E-state index contributed by atoms with van der Waals surface area (Å²) in [4.78, 5) is 13.2. The number of nitrogens with one attached hydrogen (secondary N) is 2. The molecule has 1 aromatic heterocycles. The summed E-state index contributed by atoms with van der Waals surface area (Å²) in [6.45, 7) is 3.72. The van der Waals surface area contributed by atoms with Crippen molar-refractivity contribution in [2.24, 2.45) is 0 Å². The van der Waals surface area contributed by atoms with Crippen LogP contribution in [-0.4, -0.2) is 26.0 Å². The van der Waals surface area contributed by atoms with Gasteiger partial charge in [0.15, 0.2) is 0 Å². The molecule has 2 heterocycles. The Labute approximate surface area is 170 Å². The quantitative estimate of drug-likeness (QED) is 0.671. The first kappa shape index (κ1) is 18.8. The largest absolute Gasteiger partial charge is 0.325 e. The molecular weight excluding hydrogens is 401 g/mol. The molecule has 0 spiro atoms. The number of rotatable bonds is 3. The second-order valence-electron chi connectivity index (χ2n) is 6.51. The van der Waals surface area contributed by atoms with Crippen molar-refractivity contribution in [1.29, 1.82) is 0 Å². The van der Waals surface area contributed by atoms with Crippen LogP contribution in [0.4, 0.5) is 10.1 Å². The average molecular weight is 418 g/mol. The lowest BCUT2D eigenvalue weighted by Gasteiger charge is -2.32. The number of carbonyl (C=O) groups is 1. The van der Waals surface area contributed by atoms with E-state index in [9.17, 15) is 9.18 Å². The molecule has 2 N–H and O–H groups in total. The first-order valence-corrected chi connectivity index (χ1v) is 9.86. The fraction of sp³-hybridized carbons (Fsp3) is 0.211. The number of hydrogen-bond acceptors (Lipinski definition) is 5. The van der Waals surface area contributed by atoms with E-state index >= 15 is 0 Å². The summed E-state index contributed by atoms with van der Waals surface area (Å²) in [6, 6.07) is 11.0. The van der Waals surface area contributed by atoms with Crippen molar-refractivity contribution < 1.29 is 9.18 Å². The molecule has 0 saturated heterocycles. The highest BCUT2D eigenvalue weighted by Crippen LogP contribution is 2.37. The predicted molar refractivity (Wildman–Crippen MR) is 108 cm³/mol. The van der Waals surface area contributed by atoms with Crippen molar-refractivity contribution in [3.8, 4) is 0 Å². The smallest absolute Gasteiger partial charge is 0.240 e. The van der Waals surface area contributed by atoms with E-state index in [0.29, 0.717) is 21.7 Å². The number of aromatic nitrogens is 3. The number of thioether (sulfide) groups is 1. The molecule has 1 amide bonds. The van der Waals surface area contributed by atoms with E-state index in [2.05, 4.69) is 20.9 Å². The first-order chi connectivity index (χ1) is 13.4. The minimum Gasteiger partial charge on any atom is -0.325 e. The van der Waals surface area contributed by atoms with Crippen LogP contribution in [0.1, 0.15) is 23.0 Å². The summed E-state index contributed by atoms with van der Waals surface area (Å²) in [6.07, 6.45) is 0. The normalized spacial score (nSPS) is 18.3. The van der Waals surface area contributed by atoms with E-state index in [1.54, 1.807) is 28.9 Å². The van der Waals surface area contributed by atoms with Gasteiger partial charge in [0.05, 0.1) is 6.04 Å². The van der Waals surface area contributed by atoms with E-state index in [0.717, 1.165) is 11.1 Å². The summed E-state index contributed by atoms with van der Waals surface area (Å²) in [5.41, 5.74) is 5.63. The van der Waals surface area contributed by atoms with E-state index in [1.165, 1.54) is 23.9 Å². The van der Waals surface area contributed by atoms with Crippen molar-refractivity contribution in [3.63, 3.8) is 0 Å². The lowest BCUT2D eigenvalue weighted by atomic mass is 10.0. The maximum absolute atomic E-state index is 13.4. The number of hydrogen-bond donors (Lipinski definition) is 2. The van der Waals surface area contributed by atoms with Crippen LogP contribution in [-0.2, 0) is 4.79 Å². The summed E-state index contributed by atoms with van der Waals surface area (Å²) in [5.74, 6) is 0.146. The van der Waals surface area contributed by atoms with Crippen molar-refractivity contribution in [1.82, 2.24) is 14.9 Å². The van der Waals surface area contributed by atoms with Crippen molar-refractivity contribution in [3.05, 3.63) is 70.3 Å². The molecule has 2 atom stereocenters. The van der Waals surface area contributed by atoms with E-state index in [1.807, 2.05) is 19.9 Å². The van der Waals surface area contributed by atoms with Gasteiger partial charge in [0.1, 0.15) is 16.9 Å². The zero-order chi connectivity index (χ0) is 19.8. The molecule has 4 rings (SSSR count). The van der Waals surface area contributed by atoms with Crippen LogP contribution < -0.4 is 10.7 Å². The molecule has 0 unspecified atom stereocenters. The highest BCUT2D eigenvalue weighted by atomic mass is 35.5.